The minimum Gasteiger partial charge on any atom is -0.460 e. The number of fused-ring (bicyclic) bond motifs is 1. The number of nitrogens with zero attached hydrogens (tertiary/aromatic N) is 1. The van der Waals surface area contributed by atoms with Gasteiger partial charge in [0.2, 0.25) is 5.91 Å². The molecule has 2 aliphatic rings. The number of carbonyl (C=O) groups excluding carboxylic acids is 2. The van der Waals surface area contributed by atoms with Crippen molar-refractivity contribution in [2.45, 2.75) is 31.3 Å². The third kappa shape index (κ3) is 1.31. The van der Waals surface area contributed by atoms with Gasteiger partial charge in [0.15, 0.2) is 0 Å². The first kappa shape index (κ1) is 9.24. The third-order valence-electron chi connectivity index (χ3n) is 2.82. The first-order chi connectivity index (χ1) is 6.74. The lowest BCUT2D eigenvalue weighted by molar-refractivity contribution is -0.159. The molecule has 2 aliphatic heterocycles. The van der Waals surface area contributed by atoms with Crippen LogP contribution in [0, 0.1) is 0 Å². The molecule has 0 N–H and O–H groups in total. The van der Waals surface area contributed by atoms with Crippen molar-refractivity contribution in [1.29, 1.82) is 0 Å². The van der Waals surface area contributed by atoms with Gasteiger partial charge in [-0.05, 0) is 12.8 Å². The lowest BCUT2D eigenvalue weighted by Crippen LogP contribution is -2.54. The summed E-state index contributed by atoms with van der Waals surface area (Å²) in [6.45, 7) is 3.69. The molecule has 0 saturated carbocycles. The van der Waals surface area contributed by atoms with E-state index in [2.05, 4.69) is 6.58 Å². The van der Waals surface area contributed by atoms with E-state index in [9.17, 15) is 9.59 Å². The van der Waals surface area contributed by atoms with E-state index in [-0.39, 0.29) is 24.5 Å². The molecule has 4 heteroatoms. The van der Waals surface area contributed by atoms with E-state index in [0.29, 0.717) is 12.5 Å². The average Bonchev–Trinajstić information content (AvgIpc) is 2.51. The van der Waals surface area contributed by atoms with E-state index in [1.807, 2.05) is 0 Å². The number of hydrogen-bond acceptors (Lipinski definition) is 3. The molecule has 14 heavy (non-hydrogen) atoms. The monoisotopic (exact) mass is 195 g/mol. The molecule has 2 fully saturated rings. The number of β-lactam (4-membered cyclic amide) rings is 1. The standard InChI is InChI=1S/C10H13NO3/c1-2-5-14-10(13)8-4-3-7-6-9(12)11(7)8/h2,7-8H,1,3-6H2/t7-,8+/m1/s1. The van der Waals surface area contributed by atoms with E-state index >= 15 is 0 Å². The summed E-state index contributed by atoms with van der Waals surface area (Å²) in [5, 5.41) is 0. The molecule has 0 bridgehead atoms. The number of hydrogen-bond donors (Lipinski definition) is 0. The molecule has 2 heterocycles. The maximum Gasteiger partial charge on any atom is 0.329 e. The Labute approximate surface area is 82.5 Å². The van der Waals surface area contributed by atoms with Crippen LogP contribution in [0.5, 0.6) is 0 Å². The van der Waals surface area contributed by atoms with Gasteiger partial charge in [-0.2, -0.15) is 0 Å². The first-order valence-electron chi connectivity index (χ1n) is 4.82. The predicted octanol–water partition coefficient (Wildman–Crippen LogP) is 0.479. The molecule has 0 aliphatic carbocycles. The molecule has 1 amide bonds. The summed E-state index contributed by atoms with van der Waals surface area (Å²) >= 11 is 0. The van der Waals surface area contributed by atoms with Crippen LogP contribution < -0.4 is 0 Å². The Bertz CT molecular complexity index is 287. The molecule has 2 saturated heterocycles. The number of amides is 1. The zero-order valence-electron chi connectivity index (χ0n) is 7.94. The largest absolute Gasteiger partial charge is 0.460 e. The van der Waals surface area contributed by atoms with Crippen LogP contribution in [-0.4, -0.2) is 35.5 Å². The van der Waals surface area contributed by atoms with Crippen molar-refractivity contribution in [2.75, 3.05) is 6.61 Å². The first-order valence-corrected chi connectivity index (χ1v) is 4.82. The lowest BCUT2D eigenvalue weighted by Gasteiger charge is -2.37. The number of rotatable bonds is 3. The van der Waals surface area contributed by atoms with E-state index in [1.165, 1.54) is 6.08 Å². The summed E-state index contributed by atoms with van der Waals surface area (Å²) in [6.07, 6.45) is 3.81. The van der Waals surface area contributed by atoms with Gasteiger partial charge >= 0.3 is 5.97 Å². The summed E-state index contributed by atoms with van der Waals surface area (Å²) in [4.78, 5) is 24.3. The maximum atomic E-state index is 11.5. The highest BCUT2D eigenvalue weighted by Crippen LogP contribution is 2.35. The fourth-order valence-corrected chi connectivity index (χ4v) is 2.12. The average molecular weight is 195 g/mol. The maximum absolute atomic E-state index is 11.5. The minimum atomic E-state index is -0.332. The zero-order valence-corrected chi connectivity index (χ0v) is 7.94. The van der Waals surface area contributed by atoms with Gasteiger partial charge in [-0.25, -0.2) is 4.79 Å². The topological polar surface area (TPSA) is 46.6 Å². The van der Waals surface area contributed by atoms with Gasteiger partial charge in [0.25, 0.3) is 0 Å². The Hall–Kier alpha value is -1.32. The highest BCUT2D eigenvalue weighted by atomic mass is 16.5. The van der Waals surface area contributed by atoms with E-state index in [1.54, 1.807) is 4.90 Å². The van der Waals surface area contributed by atoms with Gasteiger partial charge in [-0.1, -0.05) is 12.7 Å². The van der Waals surface area contributed by atoms with E-state index < -0.39 is 0 Å². The molecule has 0 aromatic heterocycles. The molecular formula is C10H13NO3. The fraction of sp³-hybridized carbons (Fsp3) is 0.600. The Morgan fingerprint density at radius 2 is 2.43 bits per heavy atom. The molecule has 0 radical (unpaired) electrons. The molecule has 2 atom stereocenters. The Morgan fingerprint density at radius 3 is 3.07 bits per heavy atom. The lowest BCUT2D eigenvalue weighted by atomic mass is 10.0. The second-order valence-corrected chi connectivity index (χ2v) is 3.67. The Kier molecular flexibility index (Phi) is 2.27. The highest BCUT2D eigenvalue weighted by molar-refractivity contribution is 5.90. The van der Waals surface area contributed by atoms with Crippen LogP contribution in [0.15, 0.2) is 12.7 Å². The summed E-state index contributed by atoms with van der Waals surface area (Å²) in [5.41, 5.74) is 0. The van der Waals surface area contributed by atoms with E-state index in [0.717, 1.165) is 12.8 Å². The number of carbonyl (C=O) groups is 2. The van der Waals surface area contributed by atoms with Crippen molar-refractivity contribution >= 4 is 11.9 Å². The molecule has 0 aromatic rings. The van der Waals surface area contributed by atoms with Gasteiger partial charge in [0.1, 0.15) is 12.6 Å². The molecule has 4 nitrogen and oxygen atoms in total. The SMILES string of the molecule is C=CCOC(=O)[C@@H]1CC[C@@H]2CC(=O)N21. The second kappa shape index (κ2) is 3.44. The molecule has 2 rings (SSSR count). The minimum absolute atomic E-state index is 0.0769. The summed E-state index contributed by atoms with van der Waals surface area (Å²) in [7, 11) is 0. The van der Waals surface area contributed by atoms with Crippen LogP contribution in [0.3, 0.4) is 0 Å². The summed E-state index contributed by atoms with van der Waals surface area (Å²) < 4.78 is 4.93. The Morgan fingerprint density at radius 1 is 1.64 bits per heavy atom. The zero-order chi connectivity index (χ0) is 10.1. The van der Waals surface area contributed by atoms with Crippen LogP contribution in [-0.2, 0) is 14.3 Å². The van der Waals surface area contributed by atoms with Crippen molar-refractivity contribution in [1.82, 2.24) is 4.90 Å². The molecule has 0 spiro atoms. The third-order valence-corrected chi connectivity index (χ3v) is 2.82. The van der Waals surface area contributed by atoms with Crippen molar-refractivity contribution in [3.63, 3.8) is 0 Å². The molecule has 76 valence electrons. The smallest absolute Gasteiger partial charge is 0.329 e. The van der Waals surface area contributed by atoms with Crippen molar-refractivity contribution in [3.8, 4) is 0 Å². The summed E-state index contributed by atoms with van der Waals surface area (Å²) in [6, 6.07) is -0.0371. The quantitative estimate of drug-likeness (QED) is 0.374. The Balaban J connectivity index is 1.94. The number of esters is 1. The van der Waals surface area contributed by atoms with Crippen molar-refractivity contribution < 1.29 is 14.3 Å². The van der Waals surface area contributed by atoms with Gasteiger partial charge in [0, 0.05) is 12.5 Å². The predicted molar refractivity (Wildman–Crippen MR) is 49.4 cm³/mol. The van der Waals surface area contributed by atoms with Crippen LogP contribution in [0.1, 0.15) is 19.3 Å². The molecule has 0 aromatic carbocycles. The molecule has 0 unspecified atom stereocenters. The highest BCUT2D eigenvalue weighted by Gasteiger charge is 2.48. The second-order valence-electron chi connectivity index (χ2n) is 3.67. The normalized spacial score (nSPS) is 29.4. The fourth-order valence-electron chi connectivity index (χ4n) is 2.12. The van der Waals surface area contributed by atoms with Gasteiger partial charge in [-0.15, -0.1) is 0 Å². The van der Waals surface area contributed by atoms with Crippen molar-refractivity contribution in [3.05, 3.63) is 12.7 Å². The summed E-state index contributed by atoms with van der Waals surface area (Å²) in [5.74, 6) is -0.214. The van der Waals surface area contributed by atoms with Crippen LogP contribution in [0.25, 0.3) is 0 Å². The van der Waals surface area contributed by atoms with Gasteiger partial charge in [0.05, 0.1) is 0 Å². The van der Waals surface area contributed by atoms with Gasteiger partial charge in [-0.3, -0.25) is 4.79 Å². The van der Waals surface area contributed by atoms with Crippen molar-refractivity contribution in [2.24, 2.45) is 0 Å². The molecular weight excluding hydrogens is 182 g/mol. The van der Waals surface area contributed by atoms with Gasteiger partial charge < -0.3 is 9.64 Å². The van der Waals surface area contributed by atoms with Crippen LogP contribution in [0.4, 0.5) is 0 Å². The van der Waals surface area contributed by atoms with Crippen LogP contribution >= 0.6 is 0 Å². The van der Waals surface area contributed by atoms with Crippen LogP contribution in [0.2, 0.25) is 0 Å². The number of ether oxygens (including phenoxy) is 1. The van der Waals surface area contributed by atoms with E-state index in [4.69, 9.17) is 4.74 Å².